The van der Waals surface area contributed by atoms with Crippen LogP contribution in [0.15, 0.2) is 35.3 Å². The lowest BCUT2D eigenvalue weighted by Gasteiger charge is -2.36. The highest BCUT2D eigenvalue weighted by molar-refractivity contribution is 5.97. The van der Waals surface area contributed by atoms with Crippen molar-refractivity contribution >= 4 is 28.2 Å². The number of hydrogen-bond donors (Lipinski definition) is 1. The minimum atomic E-state index is -1.33. The summed E-state index contributed by atoms with van der Waals surface area (Å²) >= 11 is 0. The first kappa shape index (κ1) is 23.3. The van der Waals surface area contributed by atoms with Crippen LogP contribution in [0, 0.1) is 17.0 Å². The Hall–Kier alpha value is -4.12. The predicted molar refractivity (Wildman–Crippen MR) is 135 cm³/mol. The number of pyridine rings is 1. The van der Waals surface area contributed by atoms with Crippen LogP contribution in [-0.4, -0.2) is 58.4 Å². The van der Waals surface area contributed by atoms with Crippen LogP contribution in [0.4, 0.5) is 11.4 Å². The van der Waals surface area contributed by atoms with Crippen molar-refractivity contribution in [3.05, 3.63) is 67.5 Å². The third-order valence-electron chi connectivity index (χ3n) is 7.40. The summed E-state index contributed by atoms with van der Waals surface area (Å²) in [5.74, 6) is 0.156. The number of nitro groups is 1. The van der Waals surface area contributed by atoms with E-state index in [0.29, 0.717) is 42.9 Å². The number of benzene rings is 2. The molecule has 3 heterocycles. The standard InChI is InChI=1S/C26H26N4O7/c1-15-23-18(25(31)19(26(32)33)13-29(23)17-3-4-17)11-20(30(34)35)24(15)28-8-6-27(7-9-28)12-16-2-5-21-22(10-16)37-14-36-21/h2,5,10-11,13,17H,3-4,6-9,12,14H2,1H3,(H,32,33). The molecule has 1 N–H and O–H groups in total. The molecule has 0 atom stereocenters. The zero-order valence-electron chi connectivity index (χ0n) is 20.3. The van der Waals surface area contributed by atoms with Crippen molar-refractivity contribution in [1.82, 2.24) is 9.47 Å². The van der Waals surface area contributed by atoms with Crippen LogP contribution < -0.4 is 19.8 Å². The van der Waals surface area contributed by atoms with Crippen molar-refractivity contribution in [2.45, 2.75) is 32.4 Å². The summed E-state index contributed by atoms with van der Waals surface area (Å²) in [5, 5.41) is 21.8. The number of anilines is 1. The molecule has 1 aliphatic carbocycles. The molecule has 2 fully saturated rings. The fraction of sp³-hybridized carbons (Fsp3) is 0.385. The minimum Gasteiger partial charge on any atom is -0.477 e. The summed E-state index contributed by atoms with van der Waals surface area (Å²) in [6.45, 7) is 5.32. The monoisotopic (exact) mass is 506 g/mol. The second-order valence-corrected chi connectivity index (χ2v) is 9.79. The highest BCUT2D eigenvalue weighted by Crippen LogP contribution is 2.42. The number of carboxylic acids is 1. The first-order valence-corrected chi connectivity index (χ1v) is 12.3. The van der Waals surface area contributed by atoms with Crippen molar-refractivity contribution in [2.24, 2.45) is 0 Å². The number of aromatic nitrogens is 1. The number of aryl methyl sites for hydroxylation is 1. The molecule has 2 aromatic carbocycles. The van der Waals surface area contributed by atoms with Crippen LogP contribution in [0.25, 0.3) is 10.9 Å². The summed E-state index contributed by atoms with van der Waals surface area (Å²) in [6, 6.07) is 7.26. The van der Waals surface area contributed by atoms with Gasteiger partial charge in [0.05, 0.1) is 15.8 Å². The van der Waals surface area contributed by atoms with Gasteiger partial charge in [-0.3, -0.25) is 19.8 Å². The summed E-state index contributed by atoms with van der Waals surface area (Å²) in [6.07, 6.45) is 3.15. The van der Waals surface area contributed by atoms with E-state index in [-0.39, 0.29) is 29.5 Å². The van der Waals surface area contributed by atoms with E-state index < -0.39 is 16.3 Å². The molecule has 192 valence electrons. The van der Waals surface area contributed by atoms with E-state index in [9.17, 15) is 24.8 Å². The molecule has 0 amide bonds. The van der Waals surface area contributed by atoms with Crippen LogP contribution in [0.1, 0.15) is 40.4 Å². The van der Waals surface area contributed by atoms with Crippen LogP contribution in [0.3, 0.4) is 0 Å². The predicted octanol–water partition coefficient (Wildman–Crippen LogP) is 3.30. The maximum Gasteiger partial charge on any atom is 0.341 e. The van der Waals surface area contributed by atoms with Crippen molar-refractivity contribution < 1.29 is 24.3 Å². The number of rotatable bonds is 6. The van der Waals surface area contributed by atoms with E-state index in [1.807, 2.05) is 27.7 Å². The van der Waals surface area contributed by atoms with E-state index in [2.05, 4.69) is 4.90 Å². The van der Waals surface area contributed by atoms with Gasteiger partial charge in [-0.25, -0.2) is 4.79 Å². The highest BCUT2D eigenvalue weighted by Gasteiger charge is 2.33. The molecule has 0 bridgehead atoms. The quantitative estimate of drug-likeness (QED) is 0.396. The van der Waals surface area contributed by atoms with E-state index in [0.717, 1.165) is 36.4 Å². The molecule has 6 rings (SSSR count). The molecule has 1 saturated heterocycles. The molecule has 11 nitrogen and oxygen atoms in total. The Balaban J connectivity index is 1.33. The fourth-order valence-electron chi connectivity index (χ4n) is 5.45. The summed E-state index contributed by atoms with van der Waals surface area (Å²) < 4.78 is 12.7. The molecule has 37 heavy (non-hydrogen) atoms. The molecule has 1 saturated carbocycles. The smallest absolute Gasteiger partial charge is 0.341 e. The van der Waals surface area contributed by atoms with Gasteiger partial charge in [0.1, 0.15) is 11.3 Å². The van der Waals surface area contributed by atoms with Gasteiger partial charge in [0.25, 0.3) is 5.69 Å². The Morgan fingerprint density at radius 2 is 1.86 bits per heavy atom. The van der Waals surface area contributed by atoms with Gasteiger partial charge in [-0.05, 0) is 37.5 Å². The third kappa shape index (κ3) is 4.05. The number of aromatic carboxylic acids is 1. The summed E-state index contributed by atoms with van der Waals surface area (Å²) in [4.78, 5) is 40.7. The largest absolute Gasteiger partial charge is 0.477 e. The topological polar surface area (TPSA) is 127 Å². The van der Waals surface area contributed by atoms with Crippen molar-refractivity contribution in [2.75, 3.05) is 37.9 Å². The number of carboxylic acid groups (broad SMARTS) is 1. The average Bonchev–Trinajstić information content (AvgIpc) is 3.61. The molecule has 2 aliphatic heterocycles. The molecular formula is C26H26N4O7. The SMILES string of the molecule is Cc1c(N2CCN(Cc3ccc4c(c3)OCO4)CC2)c([N+](=O)[O-])cc2c(=O)c(C(=O)O)cn(C3CC3)c12. The van der Waals surface area contributed by atoms with Crippen LogP contribution >= 0.6 is 0 Å². The minimum absolute atomic E-state index is 0.0844. The van der Waals surface area contributed by atoms with Gasteiger partial charge in [0.15, 0.2) is 11.5 Å². The maximum absolute atomic E-state index is 13.0. The Morgan fingerprint density at radius 3 is 2.54 bits per heavy atom. The molecule has 3 aliphatic rings. The molecule has 11 heteroatoms. The lowest BCUT2D eigenvalue weighted by Crippen LogP contribution is -2.46. The van der Waals surface area contributed by atoms with E-state index in [1.54, 1.807) is 6.92 Å². The number of fused-ring (bicyclic) bond motifs is 2. The van der Waals surface area contributed by atoms with Gasteiger partial charge in [-0.2, -0.15) is 0 Å². The van der Waals surface area contributed by atoms with Crippen molar-refractivity contribution in [3.8, 4) is 11.5 Å². The lowest BCUT2D eigenvalue weighted by molar-refractivity contribution is -0.384. The number of piperazine rings is 1. The van der Waals surface area contributed by atoms with E-state index >= 15 is 0 Å². The van der Waals surface area contributed by atoms with Crippen molar-refractivity contribution in [3.63, 3.8) is 0 Å². The zero-order valence-corrected chi connectivity index (χ0v) is 20.3. The second kappa shape index (κ2) is 8.77. The fourth-order valence-corrected chi connectivity index (χ4v) is 5.45. The van der Waals surface area contributed by atoms with Crippen LogP contribution in [0.5, 0.6) is 11.5 Å². The molecule has 1 aromatic heterocycles. The zero-order chi connectivity index (χ0) is 25.8. The summed E-state index contributed by atoms with van der Waals surface area (Å²) in [7, 11) is 0. The van der Waals surface area contributed by atoms with Gasteiger partial charge in [0, 0.05) is 56.6 Å². The van der Waals surface area contributed by atoms with E-state index in [4.69, 9.17) is 9.47 Å². The first-order valence-electron chi connectivity index (χ1n) is 12.3. The Morgan fingerprint density at radius 1 is 1.14 bits per heavy atom. The lowest BCUT2D eigenvalue weighted by atomic mass is 10.0. The number of hydrogen-bond acceptors (Lipinski definition) is 8. The van der Waals surface area contributed by atoms with Gasteiger partial charge >= 0.3 is 5.97 Å². The first-order chi connectivity index (χ1) is 17.8. The normalized spacial score (nSPS) is 17.4. The number of carbonyl (C=O) groups is 1. The molecule has 0 unspecified atom stereocenters. The average molecular weight is 507 g/mol. The molecule has 3 aromatic rings. The summed E-state index contributed by atoms with van der Waals surface area (Å²) in [5.41, 5.74) is 1.60. The van der Waals surface area contributed by atoms with Gasteiger partial charge < -0.3 is 24.0 Å². The molecule has 0 radical (unpaired) electrons. The highest BCUT2D eigenvalue weighted by atomic mass is 16.7. The van der Waals surface area contributed by atoms with Gasteiger partial charge in [0.2, 0.25) is 12.2 Å². The number of nitro benzene ring substituents is 1. The molecule has 0 spiro atoms. The van der Waals surface area contributed by atoms with Gasteiger partial charge in [-0.15, -0.1) is 0 Å². The van der Waals surface area contributed by atoms with Crippen LogP contribution in [0.2, 0.25) is 0 Å². The third-order valence-corrected chi connectivity index (χ3v) is 7.40. The Kier molecular flexibility index (Phi) is 5.52. The van der Waals surface area contributed by atoms with Crippen molar-refractivity contribution in [1.29, 1.82) is 0 Å². The second-order valence-electron chi connectivity index (χ2n) is 9.79. The Bertz CT molecular complexity index is 1500. The van der Waals surface area contributed by atoms with Gasteiger partial charge in [-0.1, -0.05) is 6.07 Å². The van der Waals surface area contributed by atoms with Crippen LogP contribution in [-0.2, 0) is 6.54 Å². The molecular weight excluding hydrogens is 480 g/mol. The van der Waals surface area contributed by atoms with E-state index in [1.165, 1.54) is 12.3 Å². The number of nitrogens with zero attached hydrogens (tertiary/aromatic N) is 4. The maximum atomic E-state index is 13.0. The number of ether oxygens (including phenoxy) is 2. The Labute approximate surface area is 211 Å².